The molecule has 154 valence electrons. The molecule has 0 bridgehead atoms. The minimum atomic E-state index is 0.142. The van der Waals surface area contributed by atoms with Gasteiger partial charge in [-0.1, -0.05) is 32.9 Å². The summed E-state index contributed by atoms with van der Waals surface area (Å²) in [6, 6.07) is 10.3. The topological polar surface area (TPSA) is 55.2 Å². The van der Waals surface area contributed by atoms with Crippen molar-refractivity contribution < 1.29 is 4.74 Å². The summed E-state index contributed by atoms with van der Waals surface area (Å²) in [5, 5.41) is 3.43. The first-order valence-corrected chi connectivity index (χ1v) is 10.4. The van der Waals surface area contributed by atoms with Gasteiger partial charge in [-0.15, -0.1) is 0 Å². The Morgan fingerprint density at radius 1 is 1.14 bits per heavy atom. The lowest BCUT2D eigenvalue weighted by Crippen LogP contribution is -2.43. The van der Waals surface area contributed by atoms with Gasteiger partial charge in [0.15, 0.2) is 5.65 Å². The van der Waals surface area contributed by atoms with Crippen LogP contribution in [0.25, 0.3) is 11.2 Å². The van der Waals surface area contributed by atoms with Gasteiger partial charge in [0.05, 0.1) is 19.3 Å². The first-order valence-electron chi connectivity index (χ1n) is 10.4. The Labute approximate surface area is 172 Å². The zero-order chi connectivity index (χ0) is 20.4. The van der Waals surface area contributed by atoms with Crippen molar-refractivity contribution in [3.8, 4) is 5.75 Å². The van der Waals surface area contributed by atoms with Gasteiger partial charge in [-0.05, 0) is 29.2 Å². The number of nitrogens with one attached hydrogen (secondary N) is 1. The van der Waals surface area contributed by atoms with Crippen LogP contribution in [-0.2, 0) is 13.0 Å². The molecule has 1 saturated heterocycles. The summed E-state index contributed by atoms with van der Waals surface area (Å²) in [6.45, 7) is 11.5. The summed E-state index contributed by atoms with van der Waals surface area (Å²) in [7, 11) is 1.71. The van der Waals surface area contributed by atoms with E-state index in [1.807, 2.05) is 18.3 Å². The van der Waals surface area contributed by atoms with Crippen LogP contribution in [0.1, 0.15) is 32.2 Å². The van der Waals surface area contributed by atoms with Gasteiger partial charge in [-0.3, -0.25) is 0 Å². The second-order valence-corrected chi connectivity index (χ2v) is 8.94. The molecule has 1 fully saturated rings. The van der Waals surface area contributed by atoms with Crippen molar-refractivity contribution in [3.63, 3.8) is 0 Å². The SMILES string of the molecule is COc1cccc(Cn2c(CC(C)(C)C)nc3c(N4CCNCC4)ccnc32)c1. The summed E-state index contributed by atoms with van der Waals surface area (Å²) in [4.78, 5) is 12.3. The molecule has 0 amide bonds. The quantitative estimate of drug-likeness (QED) is 0.719. The van der Waals surface area contributed by atoms with Gasteiger partial charge in [-0.25, -0.2) is 9.97 Å². The molecule has 0 atom stereocenters. The van der Waals surface area contributed by atoms with E-state index in [0.29, 0.717) is 0 Å². The predicted molar refractivity (Wildman–Crippen MR) is 118 cm³/mol. The van der Waals surface area contributed by atoms with E-state index < -0.39 is 0 Å². The third-order valence-electron chi connectivity index (χ3n) is 5.31. The van der Waals surface area contributed by atoms with E-state index in [-0.39, 0.29) is 5.41 Å². The third-order valence-corrected chi connectivity index (χ3v) is 5.31. The number of rotatable bonds is 5. The second-order valence-electron chi connectivity index (χ2n) is 8.94. The maximum atomic E-state index is 5.42. The fourth-order valence-electron chi connectivity index (χ4n) is 3.94. The van der Waals surface area contributed by atoms with Crippen LogP contribution in [0.4, 0.5) is 5.69 Å². The van der Waals surface area contributed by atoms with Crippen LogP contribution in [0.5, 0.6) is 5.75 Å². The minimum Gasteiger partial charge on any atom is -0.497 e. The van der Waals surface area contributed by atoms with Gasteiger partial charge < -0.3 is 19.5 Å². The Morgan fingerprint density at radius 3 is 2.66 bits per heavy atom. The number of benzene rings is 1. The van der Waals surface area contributed by atoms with Crippen molar-refractivity contribution in [3.05, 3.63) is 47.9 Å². The average Bonchev–Trinajstić information content (AvgIpc) is 3.04. The number of hydrogen-bond donors (Lipinski definition) is 1. The van der Waals surface area contributed by atoms with Crippen molar-refractivity contribution in [1.29, 1.82) is 0 Å². The number of methoxy groups -OCH3 is 1. The van der Waals surface area contributed by atoms with Gasteiger partial charge in [0, 0.05) is 38.8 Å². The number of fused-ring (bicyclic) bond motifs is 1. The molecular formula is C23H31N5O. The van der Waals surface area contributed by atoms with E-state index in [0.717, 1.165) is 61.9 Å². The highest BCUT2D eigenvalue weighted by Gasteiger charge is 2.22. The summed E-state index contributed by atoms with van der Waals surface area (Å²) < 4.78 is 7.70. The number of ether oxygens (including phenoxy) is 1. The number of pyridine rings is 1. The van der Waals surface area contributed by atoms with Crippen molar-refractivity contribution in [2.45, 2.75) is 33.7 Å². The van der Waals surface area contributed by atoms with Crippen molar-refractivity contribution >= 4 is 16.9 Å². The molecule has 0 saturated carbocycles. The lowest BCUT2D eigenvalue weighted by Gasteiger charge is -2.29. The summed E-state index contributed by atoms with van der Waals surface area (Å²) >= 11 is 0. The Balaban J connectivity index is 1.80. The molecule has 0 radical (unpaired) electrons. The maximum Gasteiger partial charge on any atom is 0.162 e. The predicted octanol–water partition coefficient (Wildman–Crippen LogP) is 3.49. The number of imidazole rings is 1. The van der Waals surface area contributed by atoms with E-state index >= 15 is 0 Å². The zero-order valence-corrected chi connectivity index (χ0v) is 17.9. The molecule has 0 unspecified atom stereocenters. The maximum absolute atomic E-state index is 5.42. The lowest BCUT2D eigenvalue weighted by atomic mass is 9.92. The number of anilines is 1. The molecule has 0 spiro atoms. The molecule has 1 N–H and O–H groups in total. The minimum absolute atomic E-state index is 0.142. The highest BCUT2D eigenvalue weighted by Crippen LogP contribution is 2.30. The summed E-state index contributed by atoms with van der Waals surface area (Å²) in [6.07, 6.45) is 2.82. The fourth-order valence-corrected chi connectivity index (χ4v) is 3.94. The smallest absolute Gasteiger partial charge is 0.162 e. The Hall–Kier alpha value is -2.60. The molecule has 2 aromatic heterocycles. The molecule has 29 heavy (non-hydrogen) atoms. The molecule has 3 heterocycles. The van der Waals surface area contributed by atoms with Gasteiger partial charge in [-0.2, -0.15) is 0 Å². The second kappa shape index (κ2) is 8.03. The molecule has 1 aromatic carbocycles. The normalized spacial score (nSPS) is 15.1. The molecule has 6 heteroatoms. The number of aromatic nitrogens is 3. The molecule has 0 aliphatic carbocycles. The highest BCUT2D eigenvalue weighted by atomic mass is 16.5. The van der Waals surface area contributed by atoms with E-state index in [1.54, 1.807) is 7.11 Å². The van der Waals surface area contributed by atoms with Gasteiger partial charge in [0.2, 0.25) is 0 Å². The van der Waals surface area contributed by atoms with Crippen LogP contribution in [0.2, 0.25) is 0 Å². The van der Waals surface area contributed by atoms with Crippen LogP contribution >= 0.6 is 0 Å². The lowest BCUT2D eigenvalue weighted by molar-refractivity contribution is 0.394. The van der Waals surface area contributed by atoms with Crippen LogP contribution in [0.15, 0.2) is 36.5 Å². The van der Waals surface area contributed by atoms with Crippen LogP contribution in [0.3, 0.4) is 0 Å². The first kappa shape index (κ1) is 19.7. The van der Waals surface area contributed by atoms with Crippen molar-refractivity contribution in [1.82, 2.24) is 19.9 Å². The van der Waals surface area contributed by atoms with E-state index in [4.69, 9.17) is 14.7 Å². The Morgan fingerprint density at radius 2 is 1.93 bits per heavy atom. The van der Waals surface area contributed by atoms with Crippen molar-refractivity contribution in [2.75, 3.05) is 38.2 Å². The molecule has 6 nitrogen and oxygen atoms in total. The Kier molecular flexibility index (Phi) is 5.46. The molecule has 1 aliphatic heterocycles. The fraction of sp³-hybridized carbons (Fsp3) is 0.478. The molecular weight excluding hydrogens is 362 g/mol. The molecule has 4 rings (SSSR count). The van der Waals surface area contributed by atoms with Gasteiger partial charge in [0.1, 0.15) is 17.1 Å². The zero-order valence-electron chi connectivity index (χ0n) is 17.9. The number of hydrogen-bond acceptors (Lipinski definition) is 5. The van der Waals surface area contributed by atoms with Crippen LogP contribution in [0, 0.1) is 5.41 Å². The van der Waals surface area contributed by atoms with Gasteiger partial charge >= 0.3 is 0 Å². The monoisotopic (exact) mass is 393 g/mol. The van der Waals surface area contributed by atoms with Crippen LogP contribution in [-0.4, -0.2) is 47.8 Å². The van der Waals surface area contributed by atoms with Gasteiger partial charge in [0.25, 0.3) is 0 Å². The highest BCUT2D eigenvalue weighted by molar-refractivity contribution is 5.86. The largest absolute Gasteiger partial charge is 0.497 e. The van der Waals surface area contributed by atoms with Crippen LogP contribution < -0.4 is 15.0 Å². The summed E-state index contributed by atoms with van der Waals surface area (Å²) in [5.74, 6) is 1.96. The first-order chi connectivity index (χ1) is 13.9. The Bertz CT molecular complexity index is 983. The summed E-state index contributed by atoms with van der Waals surface area (Å²) in [5.41, 5.74) is 4.49. The average molecular weight is 394 g/mol. The van der Waals surface area contributed by atoms with E-state index in [9.17, 15) is 0 Å². The van der Waals surface area contributed by atoms with E-state index in [2.05, 4.69) is 53.8 Å². The third kappa shape index (κ3) is 4.37. The van der Waals surface area contributed by atoms with Crippen molar-refractivity contribution in [2.24, 2.45) is 5.41 Å². The molecule has 1 aliphatic rings. The number of nitrogens with zero attached hydrogens (tertiary/aromatic N) is 4. The molecule has 3 aromatic rings. The standard InChI is InChI=1S/C23H31N5O/c1-23(2,3)15-20-26-21-19(27-12-10-24-11-13-27)8-9-25-22(21)28(20)16-17-6-5-7-18(14-17)29-4/h5-9,14,24H,10-13,15-16H2,1-4H3. The van der Waals surface area contributed by atoms with E-state index in [1.165, 1.54) is 11.3 Å². The number of piperazine rings is 1.